The molecule has 0 aliphatic carbocycles. The van der Waals surface area contributed by atoms with E-state index in [1.54, 1.807) is 6.92 Å². The van der Waals surface area contributed by atoms with Crippen molar-refractivity contribution in [3.8, 4) is 9.88 Å². The van der Waals surface area contributed by atoms with Crippen LogP contribution >= 0.6 is 22.7 Å². The van der Waals surface area contributed by atoms with Crippen molar-refractivity contribution in [3.63, 3.8) is 0 Å². The van der Waals surface area contributed by atoms with Crippen molar-refractivity contribution in [1.29, 1.82) is 0 Å². The minimum absolute atomic E-state index is 0.269. The molecule has 2 heterocycles. The molecule has 2 aromatic heterocycles. The number of carbonyl (C=O) groups is 3. The number of aromatic nitrogens is 1. The molecule has 7 nitrogen and oxygen atoms in total. The molecule has 0 spiro atoms. The number of esters is 2. The summed E-state index contributed by atoms with van der Waals surface area (Å²) < 4.78 is 9.32. The van der Waals surface area contributed by atoms with Gasteiger partial charge >= 0.3 is 11.9 Å². The van der Waals surface area contributed by atoms with Gasteiger partial charge in [0, 0.05) is 0 Å². The third-order valence-corrected chi connectivity index (χ3v) is 4.88. The largest absolute Gasteiger partial charge is 0.468 e. The molecule has 0 aliphatic heterocycles. The molecule has 2 aromatic rings. The van der Waals surface area contributed by atoms with E-state index in [9.17, 15) is 14.4 Å². The molecule has 0 saturated heterocycles. The molecule has 0 unspecified atom stereocenters. The molecule has 122 valence electrons. The molecule has 0 aromatic carbocycles. The van der Waals surface area contributed by atoms with Gasteiger partial charge in [0.2, 0.25) is 0 Å². The third-order valence-electron chi connectivity index (χ3n) is 2.71. The Kier molecular flexibility index (Phi) is 5.83. The molecule has 0 fully saturated rings. The maximum atomic E-state index is 12.0. The Morgan fingerprint density at radius 3 is 2.78 bits per heavy atom. The van der Waals surface area contributed by atoms with Crippen molar-refractivity contribution in [2.45, 2.75) is 6.92 Å². The summed E-state index contributed by atoms with van der Waals surface area (Å²) in [5.41, 5.74) is 0.554. The standard InChI is InChI=1S/C14H14N2O5S2/c1-8-12(23-13(16-8)9-4-3-5-22-9)14(19)21-7-10(17)15-6-11(18)20-2/h3-5H,6-7H2,1-2H3,(H,15,17). The number of amides is 1. The van der Waals surface area contributed by atoms with Crippen LogP contribution in [0.5, 0.6) is 0 Å². The molecule has 0 bridgehead atoms. The number of hydrogen-bond acceptors (Lipinski definition) is 8. The normalized spacial score (nSPS) is 10.2. The average Bonchev–Trinajstić information content (AvgIpc) is 3.19. The van der Waals surface area contributed by atoms with Crippen LogP contribution in [0.25, 0.3) is 9.88 Å². The molecule has 23 heavy (non-hydrogen) atoms. The maximum absolute atomic E-state index is 12.0. The number of carbonyl (C=O) groups excluding carboxylic acids is 3. The van der Waals surface area contributed by atoms with Crippen LogP contribution < -0.4 is 5.32 Å². The summed E-state index contributed by atoms with van der Waals surface area (Å²) in [7, 11) is 1.21. The molecule has 1 amide bonds. The lowest BCUT2D eigenvalue weighted by Crippen LogP contribution is -2.33. The predicted molar refractivity (Wildman–Crippen MR) is 85.5 cm³/mol. The number of thiazole rings is 1. The number of methoxy groups -OCH3 is 1. The zero-order valence-corrected chi connectivity index (χ0v) is 14.1. The summed E-state index contributed by atoms with van der Waals surface area (Å²) in [6.07, 6.45) is 0. The van der Waals surface area contributed by atoms with Crippen LogP contribution in [0.1, 0.15) is 15.4 Å². The Morgan fingerprint density at radius 2 is 2.13 bits per heavy atom. The maximum Gasteiger partial charge on any atom is 0.350 e. The second kappa shape index (κ2) is 7.84. The number of nitrogens with zero attached hydrogens (tertiary/aromatic N) is 1. The summed E-state index contributed by atoms with van der Waals surface area (Å²) in [6, 6.07) is 3.82. The number of ether oxygens (including phenoxy) is 2. The number of thiophene rings is 1. The quantitative estimate of drug-likeness (QED) is 0.792. The Bertz CT molecular complexity index is 709. The van der Waals surface area contributed by atoms with Crippen LogP contribution in [-0.2, 0) is 19.1 Å². The van der Waals surface area contributed by atoms with Gasteiger partial charge in [0.25, 0.3) is 5.91 Å². The number of aryl methyl sites for hydroxylation is 1. The molecule has 0 radical (unpaired) electrons. The van der Waals surface area contributed by atoms with E-state index in [4.69, 9.17) is 4.74 Å². The summed E-state index contributed by atoms with van der Waals surface area (Å²) >= 11 is 2.75. The lowest BCUT2D eigenvalue weighted by molar-refractivity contribution is -0.141. The zero-order chi connectivity index (χ0) is 16.8. The number of nitrogens with one attached hydrogen (secondary N) is 1. The van der Waals surface area contributed by atoms with E-state index in [0.29, 0.717) is 10.6 Å². The SMILES string of the molecule is COC(=O)CNC(=O)COC(=O)c1sc(-c2cccs2)nc1C. The van der Waals surface area contributed by atoms with Crippen molar-refractivity contribution in [2.24, 2.45) is 0 Å². The zero-order valence-electron chi connectivity index (χ0n) is 12.5. The molecule has 1 N–H and O–H groups in total. The Labute approximate surface area is 140 Å². The predicted octanol–water partition coefficient (Wildman–Crippen LogP) is 1.63. The van der Waals surface area contributed by atoms with Gasteiger partial charge in [-0.3, -0.25) is 9.59 Å². The van der Waals surface area contributed by atoms with Gasteiger partial charge in [-0.1, -0.05) is 6.07 Å². The molecular weight excluding hydrogens is 340 g/mol. The van der Waals surface area contributed by atoms with Gasteiger partial charge in [0.15, 0.2) is 6.61 Å². The summed E-state index contributed by atoms with van der Waals surface area (Å²) in [6.45, 7) is 0.970. The number of rotatable bonds is 6. The Morgan fingerprint density at radius 1 is 1.35 bits per heavy atom. The van der Waals surface area contributed by atoms with E-state index in [1.165, 1.54) is 29.8 Å². The lowest BCUT2D eigenvalue weighted by Gasteiger charge is -2.04. The minimum atomic E-state index is -0.615. The van der Waals surface area contributed by atoms with Gasteiger partial charge < -0.3 is 14.8 Å². The molecule has 0 aliphatic rings. The van der Waals surface area contributed by atoms with E-state index < -0.39 is 24.5 Å². The van der Waals surface area contributed by atoms with Crippen molar-refractivity contribution in [2.75, 3.05) is 20.3 Å². The smallest absolute Gasteiger partial charge is 0.350 e. The van der Waals surface area contributed by atoms with E-state index in [0.717, 1.165) is 9.88 Å². The van der Waals surface area contributed by atoms with Gasteiger partial charge in [-0.2, -0.15) is 0 Å². The van der Waals surface area contributed by atoms with Gasteiger partial charge in [0.1, 0.15) is 16.4 Å². The fourth-order valence-electron chi connectivity index (χ4n) is 1.58. The first-order valence-electron chi connectivity index (χ1n) is 6.53. The van der Waals surface area contributed by atoms with Crippen LogP contribution in [-0.4, -0.2) is 43.1 Å². The molecule has 9 heteroatoms. The van der Waals surface area contributed by atoms with Gasteiger partial charge in [-0.25, -0.2) is 9.78 Å². The first kappa shape index (κ1) is 17.1. The molecular formula is C14H14N2O5S2. The average molecular weight is 354 g/mol. The van der Waals surface area contributed by atoms with Crippen LogP contribution in [0.3, 0.4) is 0 Å². The topological polar surface area (TPSA) is 94.6 Å². The van der Waals surface area contributed by atoms with Crippen LogP contribution in [0.15, 0.2) is 17.5 Å². The number of hydrogen-bond donors (Lipinski definition) is 1. The highest BCUT2D eigenvalue weighted by molar-refractivity contribution is 7.22. The fraction of sp³-hybridized carbons (Fsp3) is 0.286. The van der Waals surface area contributed by atoms with Gasteiger partial charge in [0.05, 0.1) is 17.7 Å². The van der Waals surface area contributed by atoms with Crippen LogP contribution in [0.2, 0.25) is 0 Å². The third kappa shape index (κ3) is 4.60. The Hall–Kier alpha value is -2.26. The molecule has 2 rings (SSSR count). The van der Waals surface area contributed by atoms with Gasteiger partial charge in [-0.15, -0.1) is 22.7 Å². The first-order chi connectivity index (χ1) is 11.0. The second-order valence-electron chi connectivity index (χ2n) is 4.34. The van der Waals surface area contributed by atoms with Crippen molar-refractivity contribution in [3.05, 3.63) is 28.1 Å². The first-order valence-corrected chi connectivity index (χ1v) is 8.22. The van der Waals surface area contributed by atoms with Crippen LogP contribution in [0, 0.1) is 6.92 Å². The highest BCUT2D eigenvalue weighted by Gasteiger charge is 2.19. The van der Waals surface area contributed by atoms with Gasteiger partial charge in [-0.05, 0) is 18.4 Å². The van der Waals surface area contributed by atoms with Crippen molar-refractivity contribution >= 4 is 40.5 Å². The van der Waals surface area contributed by atoms with E-state index in [-0.39, 0.29) is 6.54 Å². The van der Waals surface area contributed by atoms with Crippen molar-refractivity contribution < 1.29 is 23.9 Å². The van der Waals surface area contributed by atoms with Crippen molar-refractivity contribution in [1.82, 2.24) is 10.3 Å². The summed E-state index contributed by atoms with van der Waals surface area (Å²) in [5.74, 6) is -1.77. The minimum Gasteiger partial charge on any atom is -0.468 e. The second-order valence-corrected chi connectivity index (χ2v) is 6.29. The summed E-state index contributed by atoms with van der Waals surface area (Å²) in [5, 5.41) is 4.94. The fourth-order valence-corrected chi connectivity index (χ4v) is 3.34. The van der Waals surface area contributed by atoms with Crippen LogP contribution in [0.4, 0.5) is 0 Å². The summed E-state index contributed by atoms with van der Waals surface area (Å²) in [4.78, 5) is 40.0. The van der Waals surface area contributed by atoms with E-state index in [1.807, 2.05) is 17.5 Å². The highest BCUT2D eigenvalue weighted by Crippen LogP contribution is 2.31. The molecule has 0 atom stereocenters. The van der Waals surface area contributed by atoms with E-state index in [2.05, 4.69) is 15.0 Å². The van der Waals surface area contributed by atoms with E-state index >= 15 is 0 Å². The Balaban J connectivity index is 1.91. The highest BCUT2D eigenvalue weighted by atomic mass is 32.1. The lowest BCUT2D eigenvalue weighted by atomic mass is 10.4. The molecule has 0 saturated carbocycles. The monoisotopic (exact) mass is 354 g/mol.